The summed E-state index contributed by atoms with van der Waals surface area (Å²) in [5.41, 5.74) is 0. The number of hydrogen-bond donors (Lipinski definition) is 2. The molecule has 0 aromatic carbocycles. The molecule has 0 radical (unpaired) electrons. The normalized spacial score (nSPS) is 35.2. The molecular weight excluding hydrogens is 190 g/mol. The molecule has 2 fully saturated rings. The van der Waals surface area contributed by atoms with Crippen molar-refractivity contribution in [1.82, 2.24) is 10.6 Å². The summed E-state index contributed by atoms with van der Waals surface area (Å²) in [6, 6.07) is 0.145. The van der Waals surface area contributed by atoms with Crippen LogP contribution in [0.2, 0.25) is 0 Å². The van der Waals surface area contributed by atoms with Crippen LogP contribution >= 0.6 is 0 Å². The van der Waals surface area contributed by atoms with Crippen molar-refractivity contribution in [3.63, 3.8) is 0 Å². The van der Waals surface area contributed by atoms with Gasteiger partial charge in [0.05, 0.1) is 6.42 Å². The van der Waals surface area contributed by atoms with E-state index >= 15 is 0 Å². The number of alkyl halides is 2. The van der Waals surface area contributed by atoms with Crippen LogP contribution in [0.1, 0.15) is 13.3 Å². The minimum atomic E-state index is -2.90. The van der Waals surface area contributed by atoms with E-state index in [0.29, 0.717) is 11.8 Å². The van der Waals surface area contributed by atoms with Gasteiger partial charge in [-0.15, -0.1) is 0 Å². The summed E-state index contributed by atoms with van der Waals surface area (Å²) in [5.74, 6) is -2.47. The van der Waals surface area contributed by atoms with Gasteiger partial charge in [-0.3, -0.25) is 4.79 Å². The van der Waals surface area contributed by atoms with E-state index in [1.807, 2.05) is 0 Å². The Balaban J connectivity index is 1.74. The second-order valence-electron chi connectivity index (χ2n) is 4.33. The van der Waals surface area contributed by atoms with Crippen LogP contribution in [-0.2, 0) is 4.79 Å². The average molecular weight is 204 g/mol. The largest absolute Gasteiger partial charge is 0.352 e. The Hall–Kier alpha value is -0.710. The van der Waals surface area contributed by atoms with Crippen LogP contribution in [0.5, 0.6) is 0 Å². The molecule has 1 aliphatic carbocycles. The zero-order valence-electron chi connectivity index (χ0n) is 8.02. The van der Waals surface area contributed by atoms with Crippen molar-refractivity contribution in [3.8, 4) is 0 Å². The second-order valence-corrected chi connectivity index (χ2v) is 4.33. The van der Waals surface area contributed by atoms with E-state index in [-0.39, 0.29) is 6.04 Å². The number of carbonyl (C=O) groups excluding carboxylic acids is 1. The first-order valence-corrected chi connectivity index (χ1v) is 4.85. The molecule has 2 atom stereocenters. The van der Waals surface area contributed by atoms with Gasteiger partial charge in [0.15, 0.2) is 0 Å². The highest BCUT2D eigenvalue weighted by Gasteiger charge is 2.53. The molecular formula is C9H14F2N2O. The zero-order chi connectivity index (χ0) is 10.3. The topological polar surface area (TPSA) is 41.1 Å². The fourth-order valence-electron chi connectivity index (χ4n) is 2.15. The first-order valence-electron chi connectivity index (χ1n) is 4.85. The Kier molecular flexibility index (Phi) is 2.21. The molecule has 1 aliphatic heterocycles. The molecule has 2 unspecified atom stereocenters. The highest BCUT2D eigenvalue weighted by atomic mass is 19.3. The predicted molar refractivity (Wildman–Crippen MR) is 47.0 cm³/mol. The zero-order valence-corrected chi connectivity index (χ0v) is 8.02. The maximum absolute atomic E-state index is 12.5. The summed E-state index contributed by atoms with van der Waals surface area (Å²) in [7, 11) is 0. The molecule has 1 heterocycles. The summed E-state index contributed by atoms with van der Waals surface area (Å²) in [6.07, 6.45) is -0.698. The molecule has 5 heteroatoms. The monoisotopic (exact) mass is 204 g/mol. The van der Waals surface area contributed by atoms with Gasteiger partial charge in [-0.25, -0.2) is 8.78 Å². The third kappa shape index (κ3) is 2.03. The van der Waals surface area contributed by atoms with Crippen molar-refractivity contribution in [3.05, 3.63) is 0 Å². The Bertz CT molecular complexity index is 242. The standard InChI is InChI=1S/C9H14F2N2O/c1-9(10,11)2-7(14)13-8-5-3-12-4-6(5)8/h5-6,8,12H,2-4H2,1H3,(H,13,14). The van der Waals surface area contributed by atoms with Gasteiger partial charge < -0.3 is 10.6 Å². The van der Waals surface area contributed by atoms with Crippen LogP contribution < -0.4 is 10.6 Å². The molecule has 2 aliphatic rings. The van der Waals surface area contributed by atoms with Crippen LogP contribution in [0.25, 0.3) is 0 Å². The van der Waals surface area contributed by atoms with E-state index < -0.39 is 18.3 Å². The number of hydrogen-bond acceptors (Lipinski definition) is 2. The van der Waals surface area contributed by atoms with Crippen LogP contribution in [0.3, 0.4) is 0 Å². The fourth-order valence-corrected chi connectivity index (χ4v) is 2.15. The highest BCUT2D eigenvalue weighted by Crippen LogP contribution is 2.41. The van der Waals surface area contributed by atoms with Gasteiger partial charge in [0, 0.05) is 19.1 Å². The van der Waals surface area contributed by atoms with E-state index in [2.05, 4.69) is 10.6 Å². The predicted octanol–water partition coefficient (Wildman–Crippen LogP) is 0.366. The molecule has 14 heavy (non-hydrogen) atoms. The summed E-state index contributed by atoms with van der Waals surface area (Å²) < 4.78 is 24.9. The molecule has 3 nitrogen and oxygen atoms in total. The number of rotatable bonds is 3. The summed E-state index contributed by atoms with van der Waals surface area (Å²) in [4.78, 5) is 11.1. The number of piperidine rings is 1. The van der Waals surface area contributed by atoms with Gasteiger partial charge in [-0.2, -0.15) is 0 Å². The van der Waals surface area contributed by atoms with Crippen molar-refractivity contribution >= 4 is 5.91 Å². The van der Waals surface area contributed by atoms with Crippen molar-refractivity contribution in [2.45, 2.75) is 25.3 Å². The van der Waals surface area contributed by atoms with E-state index in [1.54, 1.807) is 0 Å². The number of nitrogens with one attached hydrogen (secondary N) is 2. The van der Waals surface area contributed by atoms with Crippen LogP contribution in [0.15, 0.2) is 0 Å². The number of fused-ring (bicyclic) bond motifs is 1. The summed E-state index contributed by atoms with van der Waals surface area (Å²) in [6.45, 7) is 2.57. The van der Waals surface area contributed by atoms with E-state index in [1.165, 1.54) is 0 Å². The molecule has 2 N–H and O–H groups in total. The van der Waals surface area contributed by atoms with Crippen molar-refractivity contribution in [1.29, 1.82) is 0 Å². The SMILES string of the molecule is CC(F)(F)CC(=O)NC1C2CNCC21. The van der Waals surface area contributed by atoms with Crippen LogP contribution in [0, 0.1) is 11.8 Å². The fraction of sp³-hybridized carbons (Fsp3) is 0.889. The Morgan fingerprint density at radius 1 is 1.50 bits per heavy atom. The van der Waals surface area contributed by atoms with Gasteiger partial charge >= 0.3 is 0 Å². The first kappa shape index (κ1) is 9.83. The minimum absolute atomic E-state index is 0.145. The van der Waals surface area contributed by atoms with Gasteiger partial charge in [0.1, 0.15) is 0 Å². The maximum Gasteiger partial charge on any atom is 0.254 e. The highest BCUT2D eigenvalue weighted by molar-refractivity contribution is 5.77. The van der Waals surface area contributed by atoms with Crippen LogP contribution in [0.4, 0.5) is 8.78 Å². The molecule has 0 aromatic rings. The lowest BCUT2D eigenvalue weighted by atomic mass is 10.2. The van der Waals surface area contributed by atoms with Crippen molar-refractivity contribution < 1.29 is 13.6 Å². The van der Waals surface area contributed by atoms with E-state index in [4.69, 9.17) is 0 Å². The smallest absolute Gasteiger partial charge is 0.254 e. The van der Waals surface area contributed by atoms with E-state index in [9.17, 15) is 13.6 Å². The molecule has 1 amide bonds. The quantitative estimate of drug-likeness (QED) is 0.697. The number of carbonyl (C=O) groups is 1. The van der Waals surface area contributed by atoms with E-state index in [0.717, 1.165) is 20.0 Å². The third-order valence-corrected chi connectivity index (χ3v) is 2.89. The number of halogens is 2. The molecule has 1 saturated heterocycles. The molecule has 0 aromatic heterocycles. The molecule has 1 saturated carbocycles. The Morgan fingerprint density at radius 3 is 2.57 bits per heavy atom. The lowest BCUT2D eigenvalue weighted by molar-refractivity contribution is -0.127. The van der Waals surface area contributed by atoms with Crippen molar-refractivity contribution in [2.24, 2.45) is 11.8 Å². The first-order chi connectivity index (χ1) is 6.47. The van der Waals surface area contributed by atoms with Gasteiger partial charge in [-0.1, -0.05) is 0 Å². The lowest BCUT2D eigenvalue weighted by Gasteiger charge is -2.11. The molecule has 0 spiro atoms. The van der Waals surface area contributed by atoms with Gasteiger partial charge in [-0.05, 0) is 18.8 Å². The number of amides is 1. The second kappa shape index (κ2) is 3.15. The summed E-state index contributed by atoms with van der Waals surface area (Å²) in [5, 5.41) is 5.83. The van der Waals surface area contributed by atoms with Crippen molar-refractivity contribution in [2.75, 3.05) is 13.1 Å². The minimum Gasteiger partial charge on any atom is -0.352 e. The van der Waals surface area contributed by atoms with Gasteiger partial charge in [0.25, 0.3) is 5.92 Å². The third-order valence-electron chi connectivity index (χ3n) is 2.89. The Morgan fingerprint density at radius 2 is 2.07 bits per heavy atom. The average Bonchev–Trinajstić information content (AvgIpc) is 2.50. The molecule has 2 rings (SSSR count). The molecule has 0 bridgehead atoms. The summed E-state index contributed by atoms with van der Waals surface area (Å²) >= 11 is 0. The lowest BCUT2D eigenvalue weighted by Crippen LogP contribution is -2.35. The van der Waals surface area contributed by atoms with Gasteiger partial charge in [0.2, 0.25) is 5.91 Å². The maximum atomic E-state index is 12.5. The van der Waals surface area contributed by atoms with Crippen LogP contribution in [-0.4, -0.2) is 31.0 Å². The Labute approximate surface area is 81.2 Å². The molecule has 80 valence electrons.